The minimum Gasteiger partial charge on any atom is -0.236 e. The molecule has 0 saturated heterocycles. The molecule has 0 N–H and O–H groups in total. The van der Waals surface area contributed by atoms with Crippen LogP contribution in [-0.2, 0) is 5.11 Å². The van der Waals surface area contributed by atoms with Crippen molar-refractivity contribution in [2.75, 3.05) is 12.4 Å². The summed E-state index contributed by atoms with van der Waals surface area (Å²) in [6.07, 6.45) is 1.14. The molecule has 0 bridgehead atoms. The standard InChI is InChI=1S/C7H15OS/c1-4-7(2,3)9-6-5-8/h4-6H2,1-3H3. The van der Waals surface area contributed by atoms with Crippen LogP contribution in [0.15, 0.2) is 0 Å². The Bertz CT molecular complexity index is 71.3. The molecule has 0 aromatic heterocycles. The number of rotatable bonds is 4. The van der Waals surface area contributed by atoms with Crippen LogP contribution in [-0.4, -0.2) is 17.1 Å². The molecule has 0 heterocycles. The fourth-order valence-electron chi connectivity index (χ4n) is 0.420. The second-order valence-corrected chi connectivity index (χ2v) is 4.47. The van der Waals surface area contributed by atoms with Crippen molar-refractivity contribution in [3.05, 3.63) is 0 Å². The number of hydrogen-bond acceptors (Lipinski definition) is 1. The first-order valence-corrected chi connectivity index (χ1v) is 4.33. The molecule has 0 rings (SSSR count). The molecule has 0 fully saturated rings. The maximum Gasteiger partial charge on any atom is 0.0912 e. The van der Waals surface area contributed by atoms with Gasteiger partial charge in [-0.25, -0.2) is 5.11 Å². The lowest BCUT2D eigenvalue weighted by atomic mass is 10.1. The summed E-state index contributed by atoms with van der Waals surface area (Å²) in [5.41, 5.74) is 0. The Morgan fingerprint density at radius 1 is 1.44 bits per heavy atom. The molecule has 0 amide bonds. The van der Waals surface area contributed by atoms with E-state index in [1.54, 1.807) is 11.8 Å². The van der Waals surface area contributed by atoms with E-state index in [0.29, 0.717) is 4.75 Å². The molecular formula is C7H15OS. The summed E-state index contributed by atoms with van der Waals surface area (Å²) in [4.78, 5) is 0. The van der Waals surface area contributed by atoms with Gasteiger partial charge in [0.25, 0.3) is 0 Å². The third kappa shape index (κ3) is 4.79. The van der Waals surface area contributed by atoms with E-state index in [0.717, 1.165) is 12.2 Å². The van der Waals surface area contributed by atoms with Gasteiger partial charge >= 0.3 is 0 Å². The Morgan fingerprint density at radius 3 is 2.33 bits per heavy atom. The summed E-state index contributed by atoms with van der Waals surface area (Å²) in [7, 11) is 0. The van der Waals surface area contributed by atoms with Crippen LogP contribution in [0.4, 0.5) is 0 Å². The van der Waals surface area contributed by atoms with Gasteiger partial charge in [0, 0.05) is 10.5 Å². The largest absolute Gasteiger partial charge is 0.236 e. The van der Waals surface area contributed by atoms with Crippen LogP contribution < -0.4 is 0 Å². The van der Waals surface area contributed by atoms with Gasteiger partial charge in [0.1, 0.15) is 0 Å². The van der Waals surface area contributed by atoms with Crippen LogP contribution in [0.5, 0.6) is 0 Å². The zero-order valence-corrected chi connectivity index (χ0v) is 7.25. The minimum absolute atomic E-state index is 0.0497. The fraction of sp³-hybridized carbons (Fsp3) is 1.00. The molecule has 0 aromatic carbocycles. The van der Waals surface area contributed by atoms with E-state index in [2.05, 4.69) is 20.8 Å². The predicted molar refractivity (Wildman–Crippen MR) is 42.4 cm³/mol. The molecule has 2 heteroatoms. The lowest BCUT2D eigenvalue weighted by Crippen LogP contribution is -2.13. The van der Waals surface area contributed by atoms with Crippen LogP contribution in [0.3, 0.4) is 0 Å². The zero-order chi connectivity index (χ0) is 7.33. The molecule has 0 spiro atoms. The van der Waals surface area contributed by atoms with Crippen molar-refractivity contribution < 1.29 is 5.11 Å². The van der Waals surface area contributed by atoms with Crippen molar-refractivity contribution >= 4 is 11.8 Å². The smallest absolute Gasteiger partial charge is 0.0912 e. The molecule has 0 aliphatic carbocycles. The van der Waals surface area contributed by atoms with Gasteiger partial charge in [-0.05, 0) is 6.42 Å². The molecule has 55 valence electrons. The van der Waals surface area contributed by atoms with E-state index in [4.69, 9.17) is 0 Å². The van der Waals surface area contributed by atoms with Gasteiger partial charge in [-0.3, -0.25) is 0 Å². The van der Waals surface area contributed by atoms with Crippen molar-refractivity contribution in [2.24, 2.45) is 0 Å². The van der Waals surface area contributed by atoms with Crippen molar-refractivity contribution in [3.63, 3.8) is 0 Å². The van der Waals surface area contributed by atoms with E-state index >= 15 is 0 Å². The molecule has 1 radical (unpaired) electrons. The predicted octanol–water partition coefficient (Wildman–Crippen LogP) is 2.34. The van der Waals surface area contributed by atoms with Crippen LogP contribution in [0.2, 0.25) is 0 Å². The highest BCUT2D eigenvalue weighted by atomic mass is 32.2. The van der Waals surface area contributed by atoms with E-state index in [-0.39, 0.29) is 6.61 Å². The van der Waals surface area contributed by atoms with Crippen molar-refractivity contribution in [1.82, 2.24) is 0 Å². The molecule has 0 aliphatic rings. The Hall–Kier alpha value is 0.310. The van der Waals surface area contributed by atoms with Crippen LogP contribution >= 0.6 is 11.8 Å². The van der Waals surface area contributed by atoms with Crippen molar-refractivity contribution in [3.8, 4) is 0 Å². The van der Waals surface area contributed by atoms with E-state index in [9.17, 15) is 5.11 Å². The molecule has 0 aromatic rings. The third-order valence-corrected chi connectivity index (χ3v) is 2.87. The second-order valence-electron chi connectivity index (χ2n) is 2.67. The zero-order valence-electron chi connectivity index (χ0n) is 6.44. The summed E-state index contributed by atoms with van der Waals surface area (Å²) in [6, 6.07) is 0. The third-order valence-electron chi connectivity index (χ3n) is 1.43. The summed E-state index contributed by atoms with van der Waals surface area (Å²) in [5, 5.41) is 10.1. The van der Waals surface area contributed by atoms with E-state index < -0.39 is 0 Å². The fourth-order valence-corrected chi connectivity index (χ4v) is 1.26. The van der Waals surface area contributed by atoms with Gasteiger partial charge in [-0.1, -0.05) is 20.8 Å². The van der Waals surface area contributed by atoms with Crippen molar-refractivity contribution in [2.45, 2.75) is 31.9 Å². The Balaban J connectivity index is 3.33. The average molecular weight is 147 g/mol. The molecule has 0 aliphatic heterocycles. The van der Waals surface area contributed by atoms with Gasteiger partial charge in [-0.2, -0.15) is 11.8 Å². The SMILES string of the molecule is CCC(C)(C)SCC[O]. The Kier molecular flexibility index (Phi) is 4.32. The summed E-state index contributed by atoms with van der Waals surface area (Å²) in [6.45, 7) is 6.55. The quantitative estimate of drug-likeness (QED) is 0.597. The van der Waals surface area contributed by atoms with Crippen LogP contribution in [0.25, 0.3) is 0 Å². The van der Waals surface area contributed by atoms with Crippen molar-refractivity contribution in [1.29, 1.82) is 0 Å². The van der Waals surface area contributed by atoms with Crippen LogP contribution in [0.1, 0.15) is 27.2 Å². The average Bonchev–Trinajstić information content (AvgIpc) is 1.84. The molecule has 9 heavy (non-hydrogen) atoms. The topological polar surface area (TPSA) is 19.9 Å². The first kappa shape index (κ1) is 9.31. The van der Waals surface area contributed by atoms with Gasteiger partial charge in [0.15, 0.2) is 0 Å². The Labute approximate surface area is 61.8 Å². The summed E-state index contributed by atoms with van der Waals surface area (Å²) < 4.78 is 0.310. The monoisotopic (exact) mass is 147 g/mol. The van der Waals surface area contributed by atoms with Gasteiger partial charge < -0.3 is 0 Å². The summed E-state index contributed by atoms with van der Waals surface area (Å²) >= 11 is 1.77. The normalized spacial score (nSPS) is 12.0. The Morgan fingerprint density at radius 2 is 2.00 bits per heavy atom. The lowest BCUT2D eigenvalue weighted by Gasteiger charge is -2.20. The van der Waals surface area contributed by atoms with Gasteiger partial charge in [0.05, 0.1) is 6.61 Å². The minimum atomic E-state index is 0.0497. The maximum absolute atomic E-state index is 10.1. The highest BCUT2D eigenvalue weighted by molar-refractivity contribution is 8.00. The highest BCUT2D eigenvalue weighted by Gasteiger charge is 2.13. The van der Waals surface area contributed by atoms with Gasteiger partial charge in [-0.15, -0.1) is 0 Å². The lowest BCUT2D eigenvalue weighted by molar-refractivity contribution is 0.215. The molecule has 0 atom stereocenters. The first-order chi connectivity index (χ1) is 4.12. The summed E-state index contributed by atoms with van der Waals surface area (Å²) in [5.74, 6) is 0.751. The highest BCUT2D eigenvalue weighted by Crippen LogP contribution is 2.26. The second kappa shape index (κ2) is 4.18. The van der Waals surface area contributed by atoms with E-state index in [1.165, 1.54) is 0 Å². The molecule has 0 saturated carbocycles. The maximum atomic E-state index is 10.1. The molecule has 1 nitrogen and oxygen atoms in total. The molecule has 0 unspecified atom stereocenters. The first-order valence-electron chi connectivity index (χ1n) is 3.34. The van der Waals surface area contributed by atoms with Gasteiger partial charge in [0.2, 0.25) is 0 Å². The number of thioether (sulfide) groups is 1. The van der Waals surface area contributed by atoms with Crippen LogP contribution in [0, 0.1) is 0 Å². The van der Waals surface area contributed by atoms with E-state index in [1.807, 2.05) is 0 Å². The number of hydrogen-bond donors (Lipinski definition) is 0. The molecular weight excluding hydrogens is 132 g/mol.